The number of ether oxygens (including phenoxy) is 1. The number of rotatable bonds is 4. The molecule has 0 amide bonds. The molecule has 1 saturated heterocycles. The fraction of sp³-hybridized carbons (Fsp3) is 0.308. The van der Waals surface area contributed by atoms with Crippen molar-refractivity contribution in [3.63, 3.8) is 0 Å². The maximum Gasteiger partial charge on any atom is 0.244 e. The molecule has 0 N–H and O–H groups in total. The lowest BCUT2D eigenvalue weighted by Gasteiger charge is -2.35. The molecule has 0 radical (unpaired) electrons. The van der Waals surface area contributed by atoms with E-state index in [-0.39, 0.29) is 12.1 Å². The zero-order chi connectivity index (χ0) is 22.7. The first-order chi connectivity index (χ1) is 15.3. The third kappa shape index (κ3) is 2.90. The summed E-state index contributed by atoms with van der Waals surface area (Å²) < 4.78 is 34.8. The molecule has 0 aromatic heterocycles. The quantitative estimate of drug-likeness (QED) is 0.589. The van der Waals surface area contributed by atoms with Crippen molar-refractivity contribution in [2.24, 2.45) is 0 Å². The summed E-state index contributed by atoms with van der Waals surface area (Å²) in [5, 5.41) is 0. The average Bonchev–Trinajstić information content (AvgIpc) is 3.24. The van der Waals surface area contributed by atoms with E-state index in [2.05, 4.69) is 36.1 Å². The largest absolute Gasteiger partial charge is 0.497 e. The molecule has 0 saturated carbocycles. The van der Waals surface area contributed by atoms with Gasteiger partial charge in [-0.25, -0.2) is 8.42 Å². The second kappa shape index (κ2) is 7.36. The molecule has 3 atom stereocenters. The number of aryl methyl sites for hydroxylation is 1. The van der Waals surface area contributed by atoms with Crippen LogP contribution in [-0.2, 0) is 15.4 Å². The number of methoxy groups -OCH3 is 1. The molecule has 5 rings (SSSR count). The molecule has 0 bridgehead atoms. The van der Waals surface area contributed by atoms with Gasteiger partial charge in [0.2, 0.25) is 10.0 Å². The van der Waals surface area contributed by atoms with Crippen molar-refractivity contribution >= 4 is 15.7 Å². The topological polar surface area (TPSA) is 49.9 Å². The van der Waals surface area contributed by atoms with Gasteiger partial charge in [0.1, 0.15) is 11.9 Å². The van der Waals surface area contributed by atoms with E-state index in [4.69, 9.17) is 4.74 Å². The molecule has 1 fully saturated rings. The van der Waals surface area contributed by atoms with Crippen LogP contribution < -0.4 is 9.64 Å². The Balaban J connectivity index is 1.67. The minimum Gasteiger partial charge on any atom is -0.497 e. The van der Waals surface area contributed by atoms with Gasteiger partial charge in [0.25, 0.3) is 0 Å². The molecular formula is C26H28N2O3S. The lowest BCUT2D eigenvalue weighted by atomic mass is 9.71. The lowest BCUT2D eigenvalue weighted by molar-refractivity contribution is 0.324. The SMILES string of the molecule is COc1ccc([C@@H]2CN(S(=O)(=O)c3ccc(C)cc3)[C@@H]3N(C)c4ccccc4[C@]23C)cc1. The average molecular weight is 449 g/mol. The molecule has 2 aliphatic rings. The van der Waals surface area contributed by atoms with Gasteiger partial charge in [-0.1, -0.05) is 55.0 Å². The van der Waals surface area contributed by atoms with Crippen LogP contribution in [0, 0.1) is 6.92 Å². The zero-order valence-electron chi connectivity index (χ0n) is 18.8. The molecule has 0 spiro atoms. The summed E-state index contributed by atoms with van der Waals surface area (Å²) in [5.74, 6) is 0.797. The van der Waals surface area contributed by atoms with E-state index in [1.165, 1.54) is 5.56 Å². The van der Waals surface area contributed by atoms with Crippen LogP contribution in [-0.4, -0.2) is 39.6 Å². The molecular weight excluding hydrogens is 420 g/mol. The highest BCUT2D eigenvalue weighted by Crippen LogP contribution is 2.58. The van der Waals surface area contributed by atoms with E-state index in [0.717, 1.165) is 22.6 Å². The summed E-state index contributed by atoms with van der Waals surface area (Å²) in [6, 6.07) is 23.5. The lowest BCUT2D eigenvalue weighted by Crippen LogP contribution is -2.49. The summed E-state index contributed by atoms with van der Waals surface area (Å²) in [7, 11) is -0.0296. The second-order valence-electron chi connectivity index (χ2n) is 9.00. The predicted molar refractivity (Wildman–Crippen MR) is 127 cm³/mol. The number of fused-ring (bicyclic) bond motifs is 3. The Bertz CT molecular complexity index is 1250. The molecule has 2 aliphatic heterocycles. The Morgan fingerprint density at radius 3 is 2.28 bits per heavy atom. The first-order valence-electron chi connectivity index (χ1n) is 10.8. The van der Waals surface area contributed by atoms with Gasteiger partial charge in [0.15, 0.2) is 0 Å². The summed E-state index contributed by atoms with van der Waals surface area (Å²) in [5.41, 5.74) is 4.04. The van der Waals surface area contributed by atoms with Crippen LogP contribution in [0.1, 0.15) is 29.5 Å². The van der Waals surface area contributed by atoms with Crippen molar-refractivity contribution < 1.29 is 13.2 Å². The molecule has 5 nitrogen and oxygen atoms in total. The fourth-order valence-electron chi connectivity index (χ4n) is 5.60. The Morgan fingerprint density at radius 2 is 1.62 bits per heavy atom. The van der Waals surface area contributed by atoms with Crippen molar-refractivity contribution in [1.82, 2.24) is 4.31 Å². The van der Waals surface area contributed by atoms with Gasteiger partial charge in [-0.15, -0.1) is 0 Å². The van der Waals surface area contributed by atoms with E-state index in [1.807, 2.05) is 50.4 Å². The molecule has 0 unspecified atom stereocenters. The van der Waals surface area contributed by atoms with Crippen molar-refractivity contribution in [2.75, 3.05) is 25.6 Å². The van der Waals surface area contributed by atoms with Gasteiger partial charge in [-0.2, -0.15) is 4.31 Å². The zero-order valence-corrected chi connectivity index (χ0v) is 19.6. The van der Waals surface area contributed by atoms with Gasteiger partial charge in [0.05, 0.1) is 12.0 Å². The highest BCUT2D eigenvalue weighted by molar-refractivity contribution is 7.89. The Labute approximate surface area is 190 Å². The normalized spacial score (nSPS) is 24.9. The summed E-state index contributed by atoms with van der Waals surface area (Å²) in [6.45, 7) is 4.59. The fourth-order valence-corrected chi connectivity index (χ4v) is 7.32. The molecule has 166 valence electrons. The Hall–Kier alpha value is -2.83. The van der Waals surface area contributed by atoms with Crippen molar-refractivity contribution in [3.8, 4) is 5.75 Å². The molecule has 0 aliphatic carbocycles. The number of nitrogens with zero attached hydrogens (tertiary/aromatic N) is 2. The molecule has 2 heterocycles. The highest BCUT2D eigenvalue weighted by Gasteiger charge is 2.61. The number of para-hydroxylation sites is 1. The maximum absolute atomic E-state index is 13.9. The molecule has 3 aromatic carbocycles. The van der Waals surface area contributed by atoms with Crippen LogP contribution in [0.4, 0.5) is 5.69 Å². The van der Waals surface area contributed by atoms with Crippen LogP contribution in [0.25, 0.3) is 0 Å². The van der Waals surface area contributed by atoms with E-state index in [9.17, 15) is 8.42 Å². The highest BCUT2D eigenvalue weighted by atomic mass is 32.2. The number of likely N-dealkylation sites (N-methyl/N-ethyl adjacent to an activating group) is 1. The molecule has 6 heteroatoms. The second-order valence-corrected chi connectivity index (χ2v) is 10.9. The van der Waals surface area contributed by atoms with Gasteiger partial charge >= 0.3 is 0 Å². The van der Waals surface area contributed by atoms with Gasteiger partial charge in [-0.05, 0) is 48.4 Å². The molecule has 3 aromatic rings. The van der Waals surface area contributed by atoms with E-state index in [1.54, 1.807) is 23.5 Å². The van der Waals surface area contributed by atoms with Crippen LogP contribution >= 0.6 is 0 Å². The van der Waals surface area contributed by atoms with Crippen molar-refractivity contribution in [2.45, 2.75) is 36.2 Å². The Kier molecular flexibility index (Phi) is 4.84. The first-order valence-corrected chi connectivity index (χ1v) is 12.3. The third-order valence-corrected chi connectivity index (χ3v) is 9.11. The summed E-state index contributed by atoms with van der Waals surface area (Å²) >= 11 is 0. The van der Waals surface area contributed by atoms with Gasteiger partial charge < -0.3 is 9.64 Å². The molecule has 32 heavy (non-hydrogen) atoms. The van der Waals surface area contributed by atoms with E-state index < -0.39 is 15.4 Å². The first kappa shape index (κ1) is 21.0. The minimum atomic E-state index is -3.69. The Morgan fingerprint density at radius 1 is 0.969 bits per heavy atom. The smallest absolute Gasteiger partial charge is 0.244 e. The van der Waals surface area contributed by atoms with Crippen LogP contribution in [0.15, 0.2) is 77.7 Å². The van der Waals surface area contributed by atoms with E-state index in [0.29, 0.717) is 11.4 Å². The van der Waals surface area contributed by atoms with Crippen molar-refractivity contribution in [1.29, 1.82) is 0 Å². The maximum atomic E-state index is 13.9. The standard InChI is InChI=1S/C26H28N2O3S/c1-18-9-15-21(16-10-18)32(29,30)28-17-23(19-11-13-20(31-4)14-12-19)26(2)22-7-5-6-8-24(22)27(3)25(26)28/h5-16,23,25H,17H2,1-4H3/t23-,25-,26+/m0/s1. The van der Waals surface area contributed by atoms with Gasteiger partial charge in [0, 0.05) is 30.6 Å². The monoisotopic (exact) mass is 448 g/mol. The minimum absolute atomic E-state index is 0.00438. The number of hydrogen-bond donors (Lipinski definition) is 0. The summed E-state index contributed by atoms with van der Waals surface area (Å²) in [6.07, 6.45) is -0.307. The van der Waals surface area contributed by atoms with Crippen LogP contribution in [0.2, 0.25) is 0 Å². The van der Waals surface area contributed by atoms with Crippen LogP contribution in [0.3, 0.4) is 0 Å². The summed E-state index contributed by atoms with van der Waals surface area (Å²) in [4.78, 5) is 2.47. The predicted octanol–water partition coefficient (Wildman–Crippen LogP) is 4.53. The number of benzene rings is 3. The number of sulfonamides is 1. The van der Waals surface area contributed by atoms with Crippen molar-refractivity contribution in [3.05, 3.63) is 89.5 Å². The van der Waals surface area contributed by atoms with Crippen LogP contribution in [0.5, 0.6) is 5.75 Å². The third-order valence-electron chi connectivity index (χ3n) is 7.27. The van der Waals surface area contributed by atoms with E-state index >= 15 is 0 Å². The number of anilines is 1. The number of hydrogen-bond acceptors (Lipinski definition) is 4. The van der Waals surface area contributed by atoms with Gasteiger partial charge in [-0.3, -0.25) is 0 Å².